The number of hydrogen-bond acceptors (Lipinski definition) is 2. The molecular weight excluding hydrogens is 511 g/mol. The second-order valence-electron chi connectivity index (χ2n) is 13.4. The molecular formula is C33H31BF4N2. The second kappa shape index (κ2) is 6.91. The monoisotopic (exact) mass is 542 g/mol. The van der Waals surface area contributed by atoms with Crippen LogP contribution in [0, 0.1) is 20.8 Å². The molecule has 0 N–H and O–H groups in total. The molecule has 0 saturated heterocycles. The Hall–Kier alpha value is -2.96. The number of benzene rings is 3. The lowest BCUT2D eigenvalue weighted by atomic mass is 9.33. The van der Waals surface area contributed by atoms with Gasteiger partial charge in [0.2, 0.25) is 11.6 Å². The average Bonchev–Trinajstić information content (AvgIpc) is 3.24. The minimum Gasteiger partial charge on any atom is -0.306 e. The molecule has 0 amide bonds. The Morgan fingerprint density at radius 3 is 1.43 bits per heavy atom. The van der Waals surface area contributed by atoms with Crippen LogP contribution in [0.4, 0.5) is 40.3 Å². The predicted octanol–water partition coefficient (Wildman–Crippen LogP) is 6.87. The first-order valence-electron chi connectivity index (χ1n) is 14.8. The molecule has 0 bridgehead atoms. The van der Waals surface area contributed by atoms with Gasteiger partial charge in [-0.05, 0) is 93.4 Å². The smallest absolute Gasteiger partial charge is 0.252 e. The van der Waals surface area contributed by atoms with E-state index in [0.717, 1.165) is 33.1 Å². The van der Waals surface area contributed by atoms with Gasteiger partial charge in [0.15, 0.2) is 11.3 Å². The van der Waals surface area contributed by atoms with Crippen LogP contribution < -0.4 is 26.2 Å². The van der Waals surface area contributed by atoms with Crippen LogP contribution in [0.2, 0.25) is 0 Å². The summed E-state index contributed by atoms with van der Waals surface area (Å²) in [4.78, 5) is 3.26. The molecule has 9 rings (SSSR count). The normalized spacial score (nSPS) is 33.8. The summed E-state index contributed by atoms with van der Waals surface area (Å²) in [6, 6.07) is 11.6. The van der Waals surface area contributed by atoms with Gasteiger partial charge >= 0.3 is 0 Å². The Balaban J connectivity index is 1.45. The number of hydrogen-bond donors (Lipinski definition) is 0. The van der Waals surface area contributed by atoms with Crippen LogP contribution in [0.25, 0.3) is 0 Å². The van der Waals surface area contributed by atoms with Crippen LogP contribution in [0.5, 0.6) is 0 Å². The van der Waals surface area contributed by atoms with E-state index >= 15 is 17.6 Å². The van der Waals surface area contributed by atoms with E-state index in [1.165, 1.54) is 0 Å². The molecule has 0 radical (unpaired) electrons. The number of fused-ring (bicyclic) bond motifs is 10. The zero-order valence-electron chi connectivity index (χ0n) is 23.1. The largest absolute Gasteiger partial charge is 0.306 e. The average molecular weight is 542 g/mol. The summed E-state index contributed by atoms with van der Waals surface area (Å²) in [6.45, 7) is 5.43. The minimum absolute atomic E-state index is 0.0915. The van der Waals surface area contributed by atoms with Crippen LogP contribution >= 0.6 is 0 Å². The fourth-order valence-corrected chi connectivity index (χ4v) is 9.53. The lowest BCUT2D eigenvalue weighted by Crippen LogP contribution is -2.66. The lowest BCUT2D eigenvalue weighted by Gasteiger charge is -2.49. The third kappa shape index (κ3) is 2.29. The summed E-state index contributed by atoms with van der Waals surface area (Å²) in [7, 11) is 0. The molecule has 0 aromatic heterocycles. The van der Waals surface area contributed by atoms with Gasteiger partial charge in [0.05, 0.1) is 0 Å². The Morgan fingerprint density at radius 2 is 0.975 bits per heavy atom. The van der Waals surface area contributed by atoms with Gasteiger partial charge in [0.1, 0.15) is 0 Å². The van der Waals surface area contributed by atoms with E-state index in [1.54, 1.807) is 9.80 Å². The molecule has 3 aromatic carbocycles. The summed E-state index contributed by atoms with van der Waals surface area (Å²) < 4.78 is 69.4. The molecule has 4 atom stereocenters. The van der Waals surface area contributed by atoms with Crippen molar-refractivity contribution in [3.05, 3.63) is 64.2 Å². The SMILES string of the molecule is Cc1cc2c3c(c1)N1c4c(cc(C)cc4C4(F)CCCCC14F)B3c1cc(C)cc3c1N2C1(F)CCCCC31F. The molecule has 2 saturated carbocycles. The van der Waals surface area contributed by atoms with E-state index in [1.807, 2.05) is 45.0 Å². The maximum Gasteiger partial charge on any atom is 0.252 e. The number of halogens is 4. The zero-order valence-corrected chi connectivity index (χ0v) is 23.1. The van der Waals surface area contributed by atoms with E-state index in [2.05, 4.69) is 12.1 Å². The highest BCUT2D eigenvalue weighted by molar-refractivity contribution is 7.00. The summed E-state index contributed by atoms with van der Waals surface area (Å²) in [5.41, 5.74) is 4.12. The van der Waals surface area contributed by atoms with E-state index in [9.17, 15) is 0 Å². The molecule has 2 nitrogen and oxygen atoms in total. The number of nitrogens with zero attached hydrogens (tertiary/aromatic N) is 2. The number of alkyl halides is 4. The van der Waals surface area contributed by atoms with Gasteiger partial charge in [-0.25, -0.2) is 17.6 Å². The number of aryl methyl sites for hydroxylation is 3. The molecule has 4 unspecified atom stereocenters. The molecule has 4 heterocycles. The zero-order chi connectivity index (χ0) is 27.6. The number of anilines is 4. The molecule has 6 aliphatic rings. The maximum atomic E-state index is 17.5. The van der Waals surface area contributed by atoms with Crippen LogP contribution in [0.3, 0.4) is 0 Å². The van der Waals surface area contributed by atoms with E-state index < -0.39 is 22.9 Å². The van der Waals surface area contributed by atoms with Gasteiger partial charge < -0.3 is 9.80 Å². The highest BCUT2D eigenvalue weighted by Gasteiger charge is 2.71. The van der Waals surface area contributed by atoms with Crippen molar-refractivity contribution in [2.45, 2.75) is 95.1 Å². The van der Waals surface area contributed by atoms with E-state index in [4.69, 9.17) is 0 Å². The van der Waals surface area contributed by atoms with Crippen molar-refractivity contribution in [3.63, 3.8) is 0 Å². The highest BCUT2D eigenvalue weighted by Crippen LogP contribution is 2.66. The highest BCUT2D eigenvalue weighted by atomic mass is 19.2. The molecule has 204 valence electrons. The van der Waals surface area contributed by atoms with Gasteiger partial charge in [-0.15, -0.1) is 0 Å². The molecule has 2 fully saturated rings. The third-order valence-electron chi connectivity index (χ3n) is 11.0. The van der Waals surface area contributed by atoms with Crippen molar-refractivity contribution in [2.75, 3.05) is 9.80 Å². The van der Waals surface area contributed by atoms with Gasteiger partial charge in [-0.2, -0.15) is 0 Å². The van der Waals surface area contributed by atoms with E-state index in [0.29, 0.717) is 59.6 Å². The molecule has 2 aliphatic carbocycles. The Morgan fingerprint density at radius 1 is 0.575 bits per heavy atom. The van der Waals surface area contributed by atoms with E-state index in [-0.39, 0.29) is 32.4 Å². The lowest BCUT2D eigenvalue weighted by molar-refractivity contribution is -0.0620. The van der Waals surface area contributed by atoms with Crippen molar-refractivity contribution in [1.82, 2.24) is 0 Å². The topological polar surface area (TPSA) is 6.48 Å². The van der Waals surface area contributed by atoms with Crippen LogP contribution in [-0.4, -0.2) is 18.3 Å². The van der Waals surface area contributed by atoms with Crippen LogP contribution in [0.15, 0.2) is 36.4 Å². The van der Waals surface area contributed by atoms with Gasteiger partial charge in [-0.1, -0.05) is 35.4 Å². The van der Waals surface area contributed by atoms with Crippen molar-refractivity contribution in [3.8, 4) is 0 Å². The van der Waals surface area contributed by atoms with Crippen molar-refractivity contribution >= 4 is 45.9 Å². The standard InChI is InChI=1S/C33H31BF4N2/c1-18-12-21-28-23(14-18)34-24-15-19(2)13-22-29(24)40(33(38)11-7-5-9-31(22,33)36)26-17-20(3)16-25(27(26)34)39(28)32(37)10-6-4-8-30(21,32)35/h12-17H,4-11H2,1-3H3. The summed E-state index contributed by atoms with van der Waals surface area (Å²) in [5, 5.41) is 0. The molecule has 4 aliphatic heterocycles. The Kier molecular flexibility index (Phi) is 4.10. The third-order valence-corrected chi connectivity index (χ3v) is 11.0. The second-order valence-corrected chi connectivity index (χ2v) is 13.4. The van der Waals surface area contributed by atoms with Crippen molar-refractivity contribution in [2.24, 2.45) is 0 Å². The quantitative estimate of drug-likeness (QED) is 0.174. The summed E-state index contributed by atoms with van der Waals surface area (Å²) in [5.74, 6) is -4.46. The number of rotatable bonds is 0. The van der Waals surface area contributed by atoms with Crippen molar-refractivity contribution < 1.29 is 17.6 Å². The van der Waals surface area contributed by atoms with Gasteiger partial charge in [-0.3, -0.25) is 0 Å². The Bertz CT molecular complexity index is 1590. The first kappa shape index (κ1) is 23.7. The Labute approximate surface area is 232 Å². The fraction of sp³-hybridized carbons (Fsp3) is 0.455. The van der Waals surface area contributed by atoms with Crippen molar-refractivity contribution in [1.29, 1.82) is 0 Å². The summed E-state index contributed by atoms with van der Waals surface area (Å²) in [6.07, 6.45) is 2.94. The first-order chi connectivity index (χ1) is 19.0. The molecule has 3 aromatic rings. The first-order valence-corrected chi connectivity index (χ1v) is 14.8. The maximum absolute atomic E-state index is 17.5. The van der Waals surface area contributed by atoms with Gasteiger partial charge in [0.25, 0.3) is 6.71 Å². The van der Waals surface area contributed by atoms with Crippen LogP contribution in [0.1, 0.15) is 79.2 Å². The molecule has 7 heteroatoms. The summed E-state index contributed by atoms with van der Waals surface area (Å²) >= 11 is 0. The van der Waals surface area contributed by atoms with Crippen LogP contribution in [-0.2, 0) is 11.3 Å². The molecule has 0 spiro atoms. The minimum atomic E-state index is -2.23. The molecule has 40 heavy (non-hydrogen) atoms. The predicted molar refractivity (Wildman–Crippen MR) is 153 cm³/mol. The van der Waals surface area contributed by atoms with Gasteiger partial charge in [0, 0.05) is 46.7 Å². The fourth-order valence-electron chi connectivity index (χ4n) is 9.53.